The predicted octanol–water partition coefficient (Wildman–Crippen LogP) is 4.58. The van der Waals surface area contributed by atoms with Gasteiger partial charge in [0, 0.05) is 18.3 Å². The van der Waals surface area contributed by atoms with Crippen molar-refractivity contribution in [3.8, 4) is 11.6 Å². The Kier molecular flexibility index (Phi) is 5.59. The maximum atomic E-state index is 6.09. The molecule has 2 rings (SSSR count). The second-order valence-electron chi connectivity index (χ2n) is 5.52. The van der Waals surface area contributed by atoms with E-state index in [1.165, 1.54) is 0 Å². The van der Waals surface area contributed by atoms with Gasteiger partial charge in [-0.05, 0) is 43.1 Å². The molecular formula is C17H21ClN2O. The molecule has 0 atom stereocenters. The lowest BCUT2D eigenvalue weighted by Gasteiger charge is -2.11. The number of para-hydroxylation sites is 1. The number of benzene rings is 1. The van der Waals surface area contributed by atoms with Crippen LogP contribution in [0.4, 0.5) is 0 Å². The van der Waals surface area contributed by atoms with Gasteiger partial charge in [0.25, 0.3) is 0 Å². The summed E-state index contributed by atoms with van der Waals surface area (Å²) in [5.74, 6) is 1.86. The zero-order chi connectivity index (χ0) is 15.2. The van der Waals surface area contributed by atoms with Crippen LogP contribution in [0.3, 0.4) is 0 Å². The molecule has 0 unspecified atom stereocenters. The van der Waals surface area contributed by atoms with E-state index >= 15 is 0 Å². The van der Waals surface area contributed by atoms with Crippen molar-refractivity contribution in [1.29, 1.82) is 0 Å². The summed E-state index contributed by atoms with van der Waals surface area (Å²) in [6, 6.07) is 9.49. The fraction of sp³-hybridized carbons (Fsp3) is 0.353. The highest BCUT2D eigenvalue weighted by Gasteiger charge is 2.07. The van der Waals surface area contributed by atoms with E-state index in [4.69, 9.17) is 16.3 Å². The van der Waals surface area contributed by atoms with E-state index < -0.39 is 0 Å². The molecule has 0 saturated heterocycles. The molecule has 0 fully saturated rings. The summed E-state index contributed by atoms with van der Waals surface area (Å²) in [4.78, 5) is 4.39. The first-order valence-corrected chi connectivity index (χ1v) is 7.52. The topological polar surface area (TPSA) is 34.2 Å². The van der Waals surface area contributed by atoms with Crippen molar-refractivity contribution in [3.05, 3.63) is 52.7 Å². The van der Waals surface area contributed by atoms with Crippen molar-refractivity contribution in [2.45, 2.75) is 27.3 Å². The number of ether oxygens (including phenoxy) is 1. The molecule has 4 heteroatoms. The summed E-state index contributed by atoms with van der Waals surface area (Å²) in [5, 5.41) is 3.99. The lowest BCUT2D eigenvalue weighted by molar-refractivity contribution is 0.458. The van der Waals surface area contributed by atoms with Crippen molar-refractivity contribution < 1.29 is 4.74 Å². The van der Waals surface area contributed by atoms with Crippen LogP contribution in [0.15, 0.2) is 36.5 Å². The maximum absolute atomic E-state index is 6.09. The lowest BCUT2D eigenvalue weighted by atomic mass is 10.2. The van der Waals surface area contributed by atoms with Gasteiger partial charge in [-0.15, -0.1) is 0 Å². The molecule has 0 radical (unpaired) electrons. The number of aryl methyl sites for hydroxylation is 1. The largest absolute Gasteiger partial charge is 0.437 e. The van der Waals surface area contributed by atoms with E-state index in [1.807, 2.05) is 31.3 Å². The van der Waals surface area contributed by atoms with Crippen molar-refractivity contribution in [2.75, 3.05) is 6.54 Å². The summed E-state index contributed by atoms with van der Waals surface area (Å²) in [5.41, 5.74) is 2.15. The number of hydrogen-bond donors (Lipinski definition) is 1. The fourth-order valence-electron chi connectivity index (χ4n) is 1.96. The van der Waals surface area contributed by atoms with Gasteiger partial charge in [0.15, 0.2) is 0 Å². The first-order valence-electron chi connectivity index (χ1n) is 7.15. The van der Waals surface area contributed by atoms with Gasteiger partial charge in [-0.3, -0.25) is 0 Å². The second-order valence-corrected chi connectivity index (χ2v) is 5.93. The Morgan fingerprint density at radius 1 is 1.29 bits per heavy atom. The number of nitrogens with zero attached hydrogens (tertiary/aromatic N) is 1. The predicted molar refractivity (Wildman–Crippen MR) is 87.0 cm³/mol. The highest BCUT2D eigenvalue weighted by atomic mass is 35.5. The highest BCUT2D eigenvalue weighted by molar-refractivity contribution is 6.32. The Hall–Kier alpha value is -1.58. The third kappa shape index (κ3) is 4.73. The second kappa shape index (κ2) is 7.43. The zero-order valence-corrected chi connectivity index (χ0v) is 13.4. The highest BCUT2D eigenvalue weighted by Crippen LogP contribution is 2.29. The smallest absolute Gasteiger partial charge is 0.222 e. The molecular weight excluding hydrogens is 284 g/mol. The van der Waals surface area contributed by atoms with Gasteiger partial charge in [0.1, 0.15) is 5.75 Å². The van der Waals surface area contributed by atoms with Gasteiger partial charge in [-0.25, -0.2) is 4.98 Å². The van der Waals surface area contributed by atoms with Crippen molar-refractivity contribution in [1.82, 2.24) is 10.3 Å². The molecule has 0 aliphatic carbocycles. The quantitative estimate of drug-likeness (QED) is 0.848. The van der Waals surface area contributed by atoms with Crippen LogP contribution in [0.25, 0.3) is 0 Å². The molecule has 0 saturated carbocycles. The molecule has 1 N–H and O–H groups in total. The van der Waals surface area contributed by atoms with Gasteiger partial charge in [-0.1, -0.05) is 37.6 Å². The monoisotopic (exact) mass is 304 g/mol. The van der Waals surface area contributed by atoms with Crippen LogP contribution in [0.1, 0.15) is 25.0 Å². The van der Waals surface area contributed by atoms with Crippen molar-refractivity contribution >= 4 is 11.6 Å². The molecule has 0 aliphatic rings. The molecule has 0 spiro atoms. The van der Waals surface area contributed by atoms with E-state index in [0.717, 1.165) is 24.2 Å². The molecule has 0 aliphatic heterocycles. The third-order valence-corrected chi connectivity index (χ3v) is 3.32. The van der Waals surface area contributed by atoms with E-state index in [9.17, 15) is 0 Å². The normalized spacial score (nSPS) is 10.9. The summed E-state index contributed by atoms with van der Waals surface area (Å²) < 4.78 is 5.77. The zero-order valence-electron chi connectivity index (χ0n) is 12.7. The summed E-state index contributed by atoms with van der Waals surface area (Å²) in [7, 11) is 0. The molecule has 2 aromatic rings. The minimum atomic E-state index is 0.585. The van der Waals surface area contributed by atoms with Gasteiger partial charge >= 0.3 is 0 Å². The third-order valence-electron chi connectivity index (χ3n) is 3.01. The molecule has 3 nitrogen and oxygen atoms in total. The van der Waals surface area contributed by atoms with Crippen LogP contribution >= 0.6 is 11.6 Å². The van der Waals surface area contributed by atoms with Crippen LogP contribution < -0.4 is 10.1 Å². The van der Waals surface area contributed by atoms with Crippen LogP contribution in [0, 0.1) is 12.8 Å². The van der Waals surface area contributed by atoms with Gasteiger partial charge < -0.3 is 10.1 Å². The molecule has 1 heterocycles. The molecule has 0 amide bonds. The lowest BCUT2D eigenvalue weighted by Crippen LogP contribution is -2.19. The van der Waals surface area contributed by atoms with E-state index in [1.54, 1.807) is 6.07 Å². The van der Waals surface area contributed by atoms with Crippen LogP contribution in [0.5, 0.6) is 11.6 Å². The number of hydrogen-bond acceptors (Lipinski definition) is 3. The minimum absolute atomic E-state index is 0.585. The van der Waals surface area contributed by atoms with Crippen molar-refractivity contribution in [3.63, 3.8) is 0 Å². The molecule has 1 aromatic carbocycles. The first kappa shape index (κ1) is 15.8. The average molecular weight is 305 g/mol. The Labute approximate surface area is 131 Å². The van der Waals surface area contributed by atoms with Gasteiger partial charge in [-0.2, -0.15) is 0 Å². The Bertz CT molecular complexity index is 599. The van der Waals surface area contributed by atoms with Crippen molar-refractivity contribution in [2.24, 2.45) is 5.92 Å². The SMILES string of the molecule is Cc1cc(CNCC(C)C)cnc1Oc1ccccc1Cl. The number of pyridine rings is 1. The van der Waals surface area contributed by atoms with Crippen LogP contribution in [-0.2, 0) is 6.54 Å². The Morgan fingerprint density at radius 2 is 2.05 bits per heavy atom. The van der Waals surface area contributed by atoms with Crippen LogP contribution in [0.2, 0.25) is 5.02 Å². The first-order chi connectivity index (χ1) is 10.1. The molecule has 1 aromatic heterocycles. The van der Waals surface area contributed by atoms with Crippen LogP contribution in [-0.4, -0.2) is 11.5 Å². The average Bonchev–Trinajstić information content (AvgIpc) is 2.43. The Balaban J connectivity index is 2.04. The Morgan fingerprint density at radius 3 is 2.71 bits per heavy atom. The standard InChI is InChI=1S/C17H21ClN2O/c1-12(2)9-19-10-14-8-13(3)17(20-11-14)21-16-7-5-4-6-15(16)18/h4-8,11-12,19H,9-10H2,1-3H3. The fourth-order valence-corrected chi connectivity index (χ4v) is 2.14. The number of rotatable bonds is 6. The number of halogens is 1. The molecule has 0 bridgehead atoms. The van der Waals surface area contributed by atoms with Gasteiger partial charge in [0.05, 0.1) is 5.02 Å². The maximum Gasteiger partial charge on any atom is 0.222 e. The molecule has 112 valence electrons. The summed E-state index contributed by atoms with van der Waals surface area (Å²) in [6.45, 7) is 8.19. The summed E-state index contributed by atoms with van der Waals surface area (Å²) in [6.07, 6.45) is 1.84. The molecule has 21 heavy (non-hydrogen) atoms. The minimum Gasteiger partial charge on any atom is -0.437 e. The number of nitrogens with one attached hydrogen (secondary N) is 1. The van der Waals surface area contributed by atoms with E-state index in [-0.39, 0.29) is 0 Å². The van der Waals surface area contributed by atoms with E-state index in [2.05, 4.69) is 30.2 Å². The summed E-state index contributed by atoms with van der Waals surface area (Å²) >= 11 is 6.09. The van der Waals surface area contributed by atoms with E-state index in [0.29, 0.717) is 22.6 Å². The number of aromatic nitrogens is 1. The van der Waals surface area contributed by atoms with Gasteiger partial charge in [0.2, 0.25) is 5.88 Å².